The lowest BCUT2D eigenvalue weighted by Gasteiger charge is -2.12. The van der Waals surface area contributed by atoms with E-state index in [1.54, 1.807) is 5.57 Å². The fraction of sp³-hybridized carbons (Fsp3) is 0.444. The summed E-state index contributed by atoms with van der Waals surface area (Å²) in [5.74, 6) is 1.04. The molecule has 3 rings (SSSR count). The predicted molar refractivity (Wildman–Crippen MR) is 83.8 cm³/mol. The van der Waals surface area contributed by atoms with Gasteiger partial charge in [0, 0.05) is 17.5 Å². The van der Waals surface area contributed by atoms with E-state index in [0.29, 0.717) is 0 Å². The van der Waals surface area contributed by atoms with Gasteiger partial charge in [-0.05, 0) is 51.6 Å². The van der Waals surface area contributed by atoms with Gasteiger partial charge in [0.15, 0.2) is 0 Å². The molecule has 106 valence electrons. The summed E-state index contributed by atoms with van der Waals surface area (Å²) in [6.07, 6.45) is 8.95. The summed E-state index contributed by atoms with van der Waals surface area (Å²) in [7, 11) is 0. The summed E-state index contributed by atoms with van der Waals surface area (Å²) in [5.41, 5.74) is 3.94. The molecule has 1 aliphatic carbocycles. The molecular weight excluding hydrogens is 246 g/mol. The normalized spacial score (nSPS) is 15.6. The quantitative estimate of drug-likeness (QED) is 0.627. The van der Waals surface area contributed by atoms with Crippen LogP contribution in [0.15, 0.2) is 40.3 Å². The first-order chi connectivity index (χ1) is 9.84. The number of aryl methyl sites for hydroxylation is 1. The average Bonchev–Trinajstić information content (AvgIpc) is 2.80. The Hall–Kier alpha value is -1.54. The van der Waals surface area contributed by atoms with Crippen molar-refractivity contribution in [3.8, 4) is 0 Å². The first-order valence-electron chi connectivity index (χ1n) is 7.70. The minimum absolute atomic E-state index is 0.899. The van der Waals surface area contributed by atoms with E-state index in [2.05, 4.69) is 30.4 Å². The highest BCUT2D eigenvalue weighted by molar-refractivity contribution is 5.82. The Balaban J connectivity index is 1.57. The number of fused-ring (bicyclic) bond motifs is 1. The Morgan fingerprint density at radius 1 is 1.20 bits per heavy atom. The Labute approximate surface area is 120 Å². The molecule has 0 aliphatic heterocycles. The molecule has 2 heteroatoms. The lowest BCUT2D eigenvalue weighted by atomic mass is 9.97. The number of nitrogens with one attached hydrogen (secondary N) is 1. The molecule has 0 fully saturated rings. The van der Waals surface area contributed by atoms with Gasteiger partial charge in [0.05, 0.1) is 0 Å². The van der Waals surface area contributed by atoms with Crippen LogP contribution in [0.5, 0.6) is 0 Å². The number of para-hydroxylation sites is 1. The zero-order valence-corrected chi connectivity index (χ0v) is 12.2. The van der Waals surface area contributed by atoms with E-state index in [1.807, 2.05) is 12.1 Å². The van der Waals surface area contributed by atoms with Crippen LogP contribution in [0.1, 0.15) is 43.4 Å². The fourth-order valence-electron chi connectivity index (χ4n) is 3.03. The van der Waals surface area contributed by atoms with Gasteiger partial charge in [-0.1, -0.05) is 29.8 Å². The monoisotopic (exact) mass is 269 g/mol. The smallest absolute Gasteiger partial charge is 0.134 e. The van der Waals surface area contributed by atoms with Gasteiger partial charge >= 0.3 is 0 Å². The average molecular weight is 269 g/mol. The summed E-state index contributed by atoms with van der Waals surface area (Å²) in [4.78, 5) is 0. The molecule has 0 saturated carbocycles. The molecule has 1 heterocycles. The maximum atomic E-state index is 5.79. The standard InChI is InChI=1S/C18H23NO/c1-14-17(16-9-5-6-10-18(16)20-14)13-19-12-11-15-7-3-2-4-8-15/h5-7,9-10,19H,2-4,8,11-13H2,1H3. The minimum Gasteiger partial charge on any atom is -0.461 e. The third-order valence-electron chi connectivity index (χ3n) is 4.21. The van der Waals surface area contributed by atoms with Crippen LogP contribution in [0.4, 0.5) is 0 Å². The third-order valence-corrected chi connectivity index (χ3v) is 4.21. The highest BCUT2D eigenvalue weighted by Gasteiger charge is 2.09. The van der Waals surface area contributed by atoms with Crippen molar-refractivity contribution in [2.24, 2.45) is 0 Å². The summed E-state index contributed by atoms with van der Waals surface area (Å²) in [5, 5.41) is 4.81. The van der Waals surface area contributed by atoms with Crippen LogP contribution >= 0.6 is 0 Å². The van der Waals surface area contributed by atoms with Gasteiger partial charge in [-0.25, -0.2) is 0 Å². The largest absolute Gasteiger partial charge is 0.461 e. The van der Waals surface area contributed by atoms with E-state index in [-0.39, 0.29) is 0 Å². The molecule has 0 bridgehead atoms. The number of hydrogen-bond acceptors (Lipinski definition) is 2. The summed E-state index contributed by atoms with van der Waals surface area (Å²) < 4.78 is 5.79. The van der Waals surface area contributed by atoms with Crippen LogP contribution < -0.4 is 5.32 Å². The van der Waals surface area contributed by atoms with Gasteiger partial charge in [-0.15, -0.1) is 0 Å². The van der Waals surface area contributed by atoms with Gasteiger partial charge in [-0.2, -0.15) is 0 Å². The maximum Gasteiger partial charge on any atom is 0.134 e. The summed E-state index contributed by atoms with van der Waals surface area (Å²) in [6, 6.07) is 8.29. The van der Waals surface area contributed by atoms with Crippen molar-refractivity contribution in [1.29, 1.82) is 0 Å². The SMILES string of the molecule is Cc1oc2ccccc2c1CNCCC1=CCCCC1. The molecule has 0 amide bonds. The Kier molecular flexibility index (Phi) is 4.22. The molecule has 0 saturated heterocycles. The number of benzene rings is 1. The molecule has 1 aliphatic rings. The fourth-order valence-corrected chi connectivity index (χ4v) is 3.03. The van der Waals surface area contributed by atoms with E-state index in [1.165, 1.54) is 43.1 Å². The second-order valence-corrected chi connectivity index (χ2v) is 5.67. The molecule has 1 aromatic carbocycles. The Morgan fingerprint density at radius 2 is 2.10 bits per heavy atom. The van der Waals surface area contributed by atoms with Crippen LogP contribution in [-0.4, -0.2) is 6.54 Å². The van der Waals surface area contributed by atoms with Gasteiger partial charge in [0.25, 0.3) is 0 Å². The number of furan rings is 1. The van der Waals surface area contributed by atoms with E-state index in [0.717, 1.165) is 24.4 Å². The molecule has 2 aromatic rings. The Morgan fingerprint density at radius 3 is 2.95 bits per heavy atom. The van der Waals surface area contributed by atoms with Crippen molar-refractivity contribution in [3.05, 3.63) is 47.2 Å². The van der Waals surface area contributed by atoms with Crippen LogP contribution in [0.3, 0.4) is 0 Å². The zero-order valence-electron chi connectivity index (χ0n) is 12.2. The zero-order chi connectivity index (χ0) is 13.8. The molecular formula is C18H23NO. The van der Waals surface area contributed by atoms with Gasteiger partial charge < -0.3 is 9.73 Å². The Bertz CT molecular complexity index is 609. The van der Waals surface area contributed by atoms with E-state index in [9.17, 15) is 0 Å². The van der Waals surface area contributed by atoms with Crippen molar-refractivity contribution < 1.29 is 4.42 Å². The van der Waals surface area contributed by atoms with Gasteiger partial charge in [-0.3, -0.25) is 0 Å². The topological polar surface area (TPSA) is 25.2 Å². The van der Waals surface area contributed by atoms with Crippen molar-refractivity contribution in [1.82, 2.24) is 5.32 Å². The third kappa shape index (κ3) is 2.96. The molecule has 2 nitrogen and oxygen atoms in total. The second-order valence-electron chi connectivity index (χ2n) is 5.67. The van der Waals surface area contributed by atoms with Crippen molar-refractivity contribution in [2.75, 3.05) is 6.54 Å². The lowest BCUT2D eigenvalue weighted by Crippen LogP contribution is -2.16. The lowest BCUT2D eigenvalue weighted by molar-refractivity contribution is 0.564. The molecule has 20 heavy (non-hydrogen) atoms. The minimum atomic E-state index is 0.899. The molecule has 0 unspecified atom stereocenters. The van der Waals surface area contributed by atoms with Crippen LogP contribution in [0.25, 0.3) is 11.0 Å². The number of hydrogen-bond donors (Lipinski definition) is 1. The second kappa shape index (κ2) is 6.27. The number of rotatable bonds is 5. The van der Waals surface area contributed by atoms with Gasteiger partial charge in [0.1, 0.15) is 11.3 Å². The molecule has 0 radical (unpaired) electrons. The van der Waals surface area contributed by atoms with Crippen molar-refractivity contribution in [3.63, 3.8) is 0 Å². The predicted octanol–water partition coefficient (Wildman–Crippen LogP) is 4.72. The highest BCUT2D eigenvalue weighted by atomic mass is 16.3. The van der Waals surface area contributed by atoms with E-state index < -0.39 is 0 Å². The molecule has 1 N–H and O–H groups in total. The van der Waals surface area contributed by atoms with Crippen molar-refractivity contribution >= 4 is 11.0 Å². The van der Waals surface area contributed by atoms with Crippen LogP contribution in [-0.2, 0) is 6.54 Å². The highest BCUT2D eigenvalue weighted by Crippen LogP contribution is 2.25. The molecule has 1 aromatic heterocycles. The maximum absolute atomic E-state index is 5.79. The van der Waals surface area contributed by atoms with Crippen LogP contribution in [0, 0.1) is 6.92 Å². The summed E-state index contributed by atoms with van der Waals surface area (Å²) in [6.45, 7) is 4.02. The van der Waals surface area contributed by atoms with Crippen molar-refractivity contribution in [2.45, 2.75) is 45.6 Å². The number of allylic oxidation sites excluding steroid dienone is 1. The van der Waals surface area contributed by atoms with Gasteiger partial charge in [0.2, 0.25) is 0 Å². The molecule has 0 atom stereocenters. The van der Waals surface area contributed by atoms with Crippen LogP contribution in [0.2, 0.25) is 0 Å². The van der Waals surface area contributed by atoms with E-state index in [4.69, 9.17) is 4.42 Å². The first-order valence-corrected chi connectivity index (χ1v) is 7.70. The summed E-state index contributed by atoms with van der Waals surface area (Å²) >= 11 is 0. The molecule has 0 spiro atoms. The van der Waals surface area contributed by atoms with E-state index >= 15 is 0 Å². The first kappa shape index (κ1) is 13.4.